The first-order chi connectivity index (χ1) is 16.5. The molecule has 0 bridgehead atoms. The summed E-state index contributed by atoms with van der Waals surface area (Å²) in [5.41, 5.74) is 8.85. The van der Waals surface area contributed by atoms with Gasteiger partial charge >= 0.3 is 0 Å². The van der Waals surface area contributed by atoms with Gasteiger partial charge in [0.25, 0.3) is 0 Å². The average molecular weight is 524 g/mol. The summed E-state index contributed by atoms with van der Waals surface area (Å²) in [5.74, 6) is 0. The maximum atomic E-state index is 3.92. The van der Waals surface area contributed by atoms with Gasteiger partial charge in [-0.05, 0) is 80.4 Å². The van der Waals surface area contributed by atoms with Gasteiger partial charge in [0.1, 0.15) is 0 Å². The molecule has 0 atom stereocenters. The van der Waals surface area contributed by atoms with E-state index in [2.05, 4.69) is 140 Å². The molecule has 0 radical (unpaired) electrons. The van der Waals surface area contributed by atoms with Crippen LogP contribution in [0.3, 0.4) is 0 Å². The Morgan fingerprint density at radius 1 is 0.686 bits per heavy atom. The van der Waals surface area contributed by atoms with Crippen LogP contribution in [0, 0.1) is 0 Å². The molecular formula is C32H31BrN2. The van der Waals surface area contributed by atoms with Crippen LogP contribution in [0.25, 0.3) is 49.3 Å². The summed E-state index contributed by atoms with van der Waals surface area (Å²) in [7, 11) is 0. The Labute approximate surface area is 215 Å². The number of fused-ring (bicyclic) bond motifs is 7. The van der Waals surface area contributed by atoms with Crippen molar-refractivity contribution in [1.82, 2.24) is 9.55 Å². The van der Waals surface area contributed by atoms with Crippen LogP contribution in [0.2, 0.25) is 0 Å². The van der Waals surface area contributed by atoms with E-state index in [0.717, 1.165) is 9.99 Å². The Morgan fingerprint density at radius 2 is 1.31 bits per heavy atom. The second kappa shape index (κ2) is 7.48. The summed E-state index contributed by atoms with van der Waals surface area (Å²) < 4.78 is 3.55. The minimum absolute atomic E-state index is 0.0800. The molecule has 35 heavy (non-hydrogen) atoms. The summed E-state index contributed by atoms with van der Waals surface area (Å²) in [6.45, 7) is 13.7. The van der Waals surface area contributed by atoms with Crippen molar-refractivity contribution in [2.24, 2.45) is 0 Å². The third-order valence-corrected chi connectivity index (χ3v) is 7.92. The smallest absolute Gasteiger partial charge is 0.0642 e. The Kier molecular flexibility index (Phi) is 4.79. The largest absolute Gasteiger partial charge is 0.354 e. The quantitative estimate of drug-likeness (QED) is 0.221. The van der Waals surface area contributed by atoms with Crippen molar-refractivity contribution in [2.45, 2.75) is 52.4 Å². The van der Waals surface area contributed by atoms with Crippen LogP contribution in [0.1, 0.15) is 52.7 Å². The highest BCUT2D eigenvalue weighted by atomic mass is 79.9. The number of aromatic nitrogens is 2. The summed E-state index contributed by atoms with van der Waals surface area (Å²) in [5, 5.41) is 5.11. The molecule has 6 aromatic rings. The number of nitrogens with one attached hydrogen (secondary N) is 1. The van der Waals surface area contributed by atoms with Crippen LogP contribution < -0.4 is 0 Å². The molecule has 0 fully saturated rings. The lowest BCUT2D eigenvalue weighted by atomic mass is 9.86. The van der Waals surface area contributed by atoms with Gasteiger partial charge in [0.15, 0.2) is 0 Å². The van der Waals surface area contributed by atoms with Gasteiger partial charge in [0.2, 0.25) is 0 Å². The van der Waals surface area contributed by atoms with E-state index in [0.29, 0.717) is 0 Å². The number of halogens is 1. The highest BCUT2D eigenvalue weighted by Crippen LogP contribution is 2.44. The van der Waals surface area contributed by atoms with Gasteiger partial charge in [0, 0.05) is 37.2 Å². The molecule has 6 rings (SSSR count). The number of benzene rings is 4. The first-order valence-electron chi connectivity index (χ1n) is 12.3. The molecule has 2 aromatic heterocycles. The van der Waals surface area contributed by atoms with E-state index in [1.54, 1.807) is 0 Å². The van der Waals surface area contributed by atoms with E-state index >= 15 is 0 Å². The first kappa shape index (κ1) is 22.4. The van der Waals surface area contributed by atoms with E-state index in [-0.39, 0.29) is 10.8 Å². The molecule has 0 aliphatic rings. The summed E-state index contributed by atoms with van der Waals surface area (Å²) in [4.78, 5) is 3.72. The van der Waals surface area contributed by atoms with Gasteiger partial charge < -0.3 is 9.55 Å². The lowest BCUT2D eigenvalue weighted by Crippen LogP contribution is -2.10. The van der Waals surface area contributed by atoms with Crippen molar-refractivity contribution >= 4 is 59.5 Å². The molecule has 0 aliphatic carbocycles. The maximum absolute atomic E-state index is 3.92. The predicted molar refractivity (Wildman–Crippen MR) is 155 cm³/mol. The summed E-state index contributed by atoms with van der Waals surface area (Å²) in [6, 6.07) is 26.9. The van der Waals surface area contributed by atoms with Crippen LogP contribution in [-0.2, 0) is 10.8 Å². The van der Waals surface area contributed by atoms with Crippen molar-refractivity contribution in [3.63, 3.8) is 0 Å². The highest BCUT2D eigenvalue weighted by molar-refractivity contribution is 9.10. The van der Waals surface area contributed by atoms with E-state index in [9.17, 15) is 0 Å². The fraction of sp³-hybridized carbons (Fsp3) is 0.250. The third kappa shape index (κ3) is 3.43. The Hall–Kier alpha value is -3.04. The highest BCUT2D eigenvalue weighted by Gasteiger charge is 2.23. The number of hydrogen-bond acceptors (Lipinski definition) is 0. The lowest BCUT2D eigenvalue weighted by molar-refractivity contribution is 0.591. The molecule has 0 saturated heterocycles. The number of hydrogen-bond donors (Lipinski definition) is 1. The summed E-state index contributed by atoms with van der Waals surface area (Å²) in [6.07, 6.45) is 0. The standard InChI is InChI=1S/C32H31BrN2/c1-31(2,3)19-12-14-26-24(17-19)28-29(34-26)25(33)18-23-22-16-20(32(4,5)6)13-15-27(22)35(30(23)28)21-10-8-7-9-11-21/h7-18,34H,1-6H3. The number of nitrogens with zero attached hydrogens (tertiary/aromatic N) is 1. The summed E-state index contributed by atoms with van der Waals surface area (Å²) >= 11 is 3.92. The first-order valence-corrected chi connectivity index (χ1v) is 13.1. The number of para-hydroxylation sites is 1. The SMILES string of the molecule is CC(C)(C)c1ccc2[nH]c3c(Br)cc4c5cc(C(C)(C)C)ccc5n(-c5ccccc5)c4c3c2c1. The van der Waals surface area contributed by atoms with Gasteiger partial charge in [0.05, 0.1) is 16.6 Å². The molecule has 0 spiro atoms. The van der Waals surface area contributed by atoms with Crippen molar-refractivity contribution in [2.75, 3.05) is 0 Å². The maximum Gasteiger partial charge on any atom is 0.0642 e. The second-order valence-corrected chi connectivity index (χ2v) is 12.6. The van der Waals surface area contributed by atoms with Crippen LogP contribution in [0.4, 0.5) is 0 Å². The number of rotatable bonds is 1. The molecular weight excluding hydrogens is 492 g/mol. The zero-order valence-electron chi connectivity index (χ0n) is 21.3. The van der Waals surface area contributed by atoms with E-state index in [1.165, 1.54) is 54.9 Å². The van der Waals surface area contributed by atoms with Gasteiger partial charge in [-0.2, -0.15) is 0 Å². The second-order valence-electron chi connectivity index (χ2n) is 11.8. The minimum atomic E-state index is 0.0800. The Morgan fingerprint density at radius 3 is 1.97 bits per heavy atom. The Balaban J connectivity index is 1.87. The van der Waals surface area contributed by atoms with E-state index < -0.39 is 0 Å². The normalized spacial score (nSPS) is 13.0. The molecule has 3 heteroatoms. The van der Waals surface area contributed by atoms with Crippen molar-refractivity contribution < 1.29 is 0 Å². The van der Waals surface area contributed by atoms with E-state index in [1.807, 2.05) is 0 Å². The monoisotopic (exact) mass is 522 g/mol. The fourth-order valence-electron chi connectivity index (χ4n) is 5.30. The van der Waals surface area contributed by atoms with Gasteiger partial charge in [-0.3, -0.25) is 0 Å². The van der Waals surface area contributed by atoms with Crippen molar-refractivity contribution in [1.29, 1.82) is 0 Å². The molecule has 0 unspecified atom stereocenters. The Bertz CT molecular complexity index is 1750. The number of H-pyrrole nitrogens is 1. The fourth-order valence-corrected chi connectivity index (χ4v) is 5.83. The molecule has 4 aromatic carbocycles. The average Bonchev–Trinajstić information content (AvgIpc) is 3.34. The molecule has 0 aliphatic heterocycles. The predicted octanol–water partition coefficient (Wildman–Crippen LogP) is 9.78. The molecule has 0 saturated carbocycles. The molecule has 2 heterocycles. The minimum Gasteiger partial charge on any atom is -0.354 e. The van der Waals surface area contributed by atoms with Crippen molar-refractivity contribution in [3.8, 4) is 5.69 Å². The van der Waals surface area contributed by atoms with Gasteiger partial charge in [-0.25, -0.2) is 0 Å². The lowest BCUT2D eigenvalue weighted by Gasteiger charge is -2.19. The molecule has 1 N–H and O–H groups in total. The van der Waals surface area contributed by atoms with Gasteiger partial charge in [-0.15, -0.1) is 0 Å². The van der Waals surface area contributed by atoms with Crippen LogP contribution in [0.15, 0.2) is 77.3 Å². The molecule has 2 nitrogen and oxygen atoms in total. The molecule has 176 valence electrons. The van der Waals surface area contributed by atoms with Crippen molar-refractivity contribution in [3.05, 3.63) is 88.4 Å². The zero-order valence-corrected chi connectivity index (χ0v) is 22.8. The van der Waals surface area contributed by atoms with Crippen LogP contribution >= 0.6 is 15.9 Å². The van der Waals surface area contributed by atoms with Crippen LogP contribution in [0.5, 0.6) is 0 Å². The van der Waals surface area contributed by atoms with E-state index in [4.69, 9.17) is 0 Å². The van der Waals surface area contributed by atoms with Gasteiger partial charge in [-0.1, -0.05) is 71.9 Å². The number of aromatic amines is 1. The molecule has 0 amide bonds. The third-order valence-electron chi connectivity index (χ3n) is 7.30. The zero-order chi connectivity index (χ0) is 24.7. The van der Waals surface area contributed by atoms with Crippen LogP contribution in [-0.4, -0.2) is 9.55 Å². The topological polar surface area (TPSA) is 20.7 Å².